The largest absolute Gasteiger partial charge is 0.444 e. The molecule has 0 radical (unpaired) electrons. The zero-order chi connectivity index (χ0) is 23.3. The lowest BCUT2D eigenvalue weighted by molar-refractivity contribution is -0.126. The van der Waals surface area contributed by atoms with E-state index in [0.717, 1.165) is 35.9 Å². The van der Waals surface area contributed by atoms with E-state index in [1.807, 2.05) is 24.3 Å². The predicted octanol–water partition coefficient (Wildman–Crippen LogP) is 2.84. The number of para-hydroxylation sites is 1. The van der Waals surface area contributed by atoms with Crippen LogP contribution in [-0.2, 0) is 20.7 Å². The van der Waals surface area contributed by atoms with Crippen molar-refractivity contribution in [2.45, 2.75) is 58.1 Å². The maximum Gasteiger partial charge on any atom is 0.410 e. The standard InChI is InChI=1S/C22H30N4O5S/c1-22(2,3)31-21(30)26-13-7-11-17(26)19(28)23-24-20(29)32-14-18(27)25-12-6-9-15-8-4-5-10-16(15)25/h4-5,8,10,17H,6-7,9,11-14H2,1-3H3,(H,23,28)(H,24,29)/t17-/m1/s1. The third-order valence-corrected chi connectivity index (χ3v) is 5.96. The first-order chi connectivity index (χ1) is 15.2. The van der Waals surface area contributed by atoms with E-state index in [9.17, 15) is 19.2 Å². The molecule has 2 aliphatic heterocycles. The molecule has 1 atom stereocenters. The van der Waals surface area contributed by atoms with Gasteiger partial charge in [-0.2, -0.15) is 0 Å². The summed E-state index contributed by atoms with van der Waals surface area (Å²) >= 11 is 0.791. The number of nitrogens with zero attached hydrogens (tertiary/aromatic N) is 2. The Labute approximate surface area is 192 Å². The molecule has 0 aromatic heterocycles. The molecule has 0 unspecified atom stereocenters. The average Bonchev–Trinajstić information content (AvgIpc) is 3.24. The van der Waals surface area contributed by atoms with Gasteiger partial charge in [-0.3, -0.25) is 30.1 Å². The minimum Gasteiger partial charge on any atom is -0.444 e. The van der Waals surface area contributed by atoms with Crippen LogP contribution < -0.4 is 15.8 Å². The van der Waals surface area contributed by atoms with Crippen LogP contribution in [0.3, 0.4) is 0 Å². The number of rotatable bonds is 3. The fraction of sp³-hybridized carbons (Fsp3) is 0.545. The summed E-state index contributed by atoms with van der Waals surface area (Å²) in [5, 5.41) is -0.543. The number of benzene rings is 1. The van der Waals surface area contributed by atoms with Crippen molar-refractivity contribution in [3.05, 3.63) is 29.8 Å². The third kappa shape index (κ3) is 6.15. The van der Waals surface area contributed by atoms with Crippen molar-refractivity contribution in [2.75, 3.05) is 23.7 Å². The summed E-state index contributed by atoms with van der Waals surface area (Å²) in [6.07, 6.45) is 2.42. The molecular formula is C22H30N4O5S. The Morgan fingerprint density at radius 3 is 2.59 bits per heavy atom. The molecule has 2 aliphatic rings. The molecule has 4 amide bonds. The van der Waals surface area contributed by atoms with Crippen LogP contribution in [-0.4, -0.2) is 58.5 Å². The van der Waals surface area contributed by atoms with Crippen LogP contribution in [0.1, 0.15) is 45.6 Å². The monoisotopic (exact) mass is 462 g/mol. The Morgan fingerprint density at radius 1 is 1.09 bits per heavy atom. The SMILES string of the molecule is CC(C)(C)OC(=O)N1CCC[C@@H]1C(=O)NNC(=O)SCC(=O)N1CCCc2ccccc21. The molecule has 32 heavy (non-hydrogen) atoms. The van der Waals surface area contributed by atoms with E-state index in [2.05, 4.69) is 10.9 Å². The fourth-order valence-electron chi connectivity index (χ4n) is 3.81. The Hall–Kier alpha value is -2.75. The van der Waals surface area contributed by atoms with Crippen LogP contribution in [0.15, 0.2) is 24.3 Å². The lowest BCUT2D eigenvalue weighted by Gasteiger charge is -2.29. The number of nitrogens with one attached hydrogen (secondary N) is 2. The maximum atomic E-state index is 12.6. The topological polar surface area (TPSA) is 108 Å². The maximum absolute atomic E-state index is 12.6. The van der Waals surface area contributed by atoms with Gasteiger partial charge in [0.05, 0.1) is 5.75 Å². The van der Waals surface area contributed by atoms with Crippen molar-refractivity contribution in [1.82, 2.24) is 15.8 Å². The molecule has 9 nitrogen and oxygen atoms in total. The minimum absolute atomic E-state index is 0.0382. The quantitative estimate of drug-likeness (QED) is 0.669. The first-order valence-corrected chi connectivity index (χ1v) is 11.7. The Morgan fingerprint density at radius 2 is 1.84 bits per heavy atom. The van der Waals surface area contributed by atoms with E-state index >= 15 is 0 Å². The second kappa shape index (κ2) is 10.2. The molecular weight excluding hydrogens is 432 g/mol. The summed E-state index contributed by atoms with van der Waals surface area (Å²) < 4.78 is 5.35. The number of hydrogen-bond acceptors (Lipinski definition) is 6. The van der Waals surface area contributed by atoms with Gasteiger partial charge in [0, 0.05) is 18.8 Å². The number of carbonyl (C=O) groups is 4. The van der Waals surface area contributed by atoms with Gasteiger partial charge in [0.2, 0.25) is 5.91 Å². The molecule has 1 aromatic carbocycles. The number of hydrogen-bond donors (Lipinski definition) is 2. The minimum atomic E-state index is -0.707. The zero-order valence-electron chi connectivity index (χ0n) is 18.7. The Balaban J connectivity index is 1.45. The summed E-state index contributed by atoms with van der Waals surface area (Å²) in [5.74, 6) is -0.683. The Bertz CT molecular complexity index is 885. The number of likely N-dealkylation sites (tertiary alicyclic amines) is 1. The van der Waals surface area contributed by atoms with Crippen molar-refractivity contribution < 1.29 is 23.9 Å². The van der Waals surface area contributed by atoms with Crippen molar-refractivity contribution in [3.63, 3.8) is 0 Å². The molecule has 2 heterocycles. The second-order valence-electron chi connectivity index (χ2n) is 8.80. The van der Waals surface area contributed by atoms with E-state index < -0.39 is 28.9 Å². The zero-order valence-corrected chi connectivity index (χ0v) is 19.5. The van der Waals surface area contributed by atoms with E-state index in [0.29, 0.717) is 25.9 Å². The molecule has 174 valence electrons. The highest BCUT2D eigenvalue weighted by Crippen LogP contribution is 2.27. The number of carbonyl (C=O) groups excluding carboxylic acids is 4. The molecule has 1 saturated heterocycles. The van der Waals surface area contributed by atoms with E-state index in [-0.39, 0.29) is 11.7 Å². The second-order valence-corrected chi connectivity index (χ2v) is 9.75. The number of amides is 4. The molecule has 1 aromatic rings. The van der Waals surface area contributed by atoms with Gasteiger partial charge in [0.15, 0.2) is 0 Å². The number of aryl methyl sites for hydroxylation is 1. The molecule has 10 heteroatoms. The lowest BCUT2D eigenvalue weighted by Crippen LogP contribution is -2.51. The summed E-state index contributed by atoms with van der Waals surface area (Å²) in [6.45, 7) is 6.32. The Kier molecular flexibility index (Phi) is 7.65. The van der Waals surface area contributed by atoms with Crippen LogP contribution >= 0.6 is 11.8 Å². The van der Waals surface area contributed by atoms with Gasteiger partial charge >= 0.3 is 6.09 Å². The first-order valence-electron chi connectivity index (χ1n) is 10.8. The van der Waals surface area contributed by atoms with E-state index in [4.69, 9.17) is 4.74 Å². The highest BCUT2D eigenvalue weighted by molar-refractivity contribution is 8.14. The number of thioether (sulfide) groups is 1. The molecule has 3 rings (SSSR count). The highest BCUT2D eigenvalue weighted by atomic mass is 32.2. The normalized spacial score (nSPS) is 18.0. The molecule has 2 N–H and O–H groups in total. The van der Waals surface area contributed by atoms with Gasteiger partial charge < -0.3 is 9.64 Å². The highest BCUT2D eigenvalue weighted by Gasteiger charge is 2.36. The van der Waals surface area contributed by atoms with Gasteiger partial charge in [0.1, 0.15) is 11.6 Å². The van der Waals surface area contributed by atoms with Gasteiger partial charge in [-0.15, -0.1) is 0 Å². The van der Waals surface area contributed by atoms with Gasteiger partial charge in [-0.1, -0.05) is 30.0 Å². The number of anilines is 1. The van der Waals surface area contributed by atoms with Crippen LogP contribution in [0.25, 0.3) is 0 Å². The van der Waals surface area contributed by atoms with Crippen LogP contribution in [0.2, 0.25) is 0 Å². The van der Waals surface area contributed by atoms with Crippen molar-refractivity contribution >= 4 is 40.6 Å². The lowest BCUT2D eigenvalue weighted by atomic mass is 10.0. The average molecular weight is 463 g/mol. The van der Waals surface area contributed by atoms with Crippen LogP contribution in [0, 0.1) is 0 Å². The van der Waals surface area contributed by atoms with Crippen molar-refractivity contribution in [1.29, 1.82) is 0 Å². The van der Waals surface area contributed by atoms with Crippen molar-refractivity contribution in [3.8, 4) is 0 Å². The summed E-state index contributed by atoms with van der Waals surface area (Å²) in [6, 6.07) is 7.06. The van der Waals surface area contributed by atoms with E-state index in [1.165, 1.54) is 4.90 Å². The van der Waals surface area contributed by atoms with Gasteiger partial charge in [-0.25, -0.2) is 4.79 Å². The molecule has 0 aliphatic carbocycles. The summed E-state index contributed by atoms with van der Waals surface area (Å²) in [7, 11) is 0. The smallest absolute Gasteiger partial charge is 0.410 e. The van der Waals surface area contributed by atoms with Crippen molar-refractivity contribution in [2.24, 2.45) is 0 Å². The number of fused-ring (bicyclic) bond motifs is 1. The fourth-order valence-corrected chi connectivity index (χ4v) is 4.34. The predicted molar refractivity (Wildman–Crippen MR) is 122 cm³/mol. The number of hydrazine groups is 1. The van der Waals surface area contributed by atoms with Crippen LogP contribution in [0.5, 0.6) is 0 Å². The number of ether oxygens (including phenoxy) is 1. The third-order valence-electron chi connectivity index (χ3n) is 5.21. The van der Waals surface area contributed by atoms with Gasteiger partial charge in [0.25, 0.3) is 11.1 Å². The van der Waals surface area contributed by atoms with E-state index in [1.54, 1.807) is 25.7 Å². The summed E-state index contributed by atoms with van der Waals surface area (Å²) in [5.41, 5.74) is 6.03. The molecule has 0 spiro atoms. The van der Waals surface area contributed by atoms with Gasteiger partial charge in [-0.05, 0) is 58.1 Å². The molecule has 1 fully saturated rings. The molecule has 0 bridgehead atoms. The summed E-state index contributed by atoms with van der Waals surface area (Å²) in [4.78, 5) is 52.7. The van der Waals surface area contributed by atoms with Crippen LogP contribution in [0.4, 0.5) is 15.3 Å². The molecule has 0 saturated carbocycles. The first kappa shape index (κ1) is 23.9.